The first-order valence-corrected chi connectivity index (χ1v) is 8.78. The van der Waals surface area contributed by atoms with Gasteiger partial charge in [-0.1, -0.05) is 57.0 Å². The molecule has 1 saturated carbocycles. The van der Waals surface area contributed by atoms with E-state index in [1.165, 1.54) is 11.8 Å². The van der Waals surface area contributed by atoms with Gasteiger partial charge in [0.2, 0.25) is 10.0 Å². The average molecular weight is 293 g/mol. The molecule has 4 heteroatoms. The Morgan fingerprint density at radius 3 is 2.55 bits per heavy atom. The lowest BCUT2D eigenvalue weighted by atomic mass is 9.78. The Morgan fingerprint density at radius 2 is 1.85 bits per heavy atom. The molecule has 0 unspecified atom stereocenters. The van der Waals surface area contributed by atoms with Crippen LogP contribution in [0.25, 0.3) is 6.08 Å². The molecule has 0 radical (unpaired) electrons. The Bertz CT molecular complexity index is 551. The zero-order valence-electron chi connectivity index (χ0n) is 12.1. The van der Waals surface area contributed by atoms with Gasteiger partial charge in [-0.25, -0.2) is 13.1 Å². The van der Waals surface area contributed by atoms with Crippen molar-refractivity contribution in [3.63, 3.8) is 0 Å². The van der Waals surface area contributed by atoms with Crippen LogP contribution in [0.2, 0.25) is 0 Å². The fourth-order valence-corrected chi connectivity index (χ4v) is 3.90. The van der Waals surface area contributed by atoms with Gasteiger partial charge in [0.15, 0.2) is 0 Å². The molecule has 1 aromatic rings. The number of hydrogen-bond acceptors (Lipinski definition) is 2. The van der Waals surface area contributed by atoms with Crippen LogP contribution in [-0.2, 0) is 10.0 Å². The molecule has 1 aliphatic rings. The third-order valence-electron chi connectivity index (χ3n) is 4.26. The number of benzene rings is 1. The summed E-state index contributed by atoms with van der Waals surface area (Å²) in [4.78, 5) is 0. The molecule has 1 N–H and O–H groups in total. The Kier molecular flexibility index (Phi) is 5.00. The van der Waals surface area contributed by atoms with Crippen LogP contribution in [0.15, 0.2) is 35.7 Å². The van der Waals surface area contributed by atoms with E-state index in [1.807, 2.05) is 30.3 Å². The first-order valence-electron chi connectivity index (χ1n) is 7.23. The summed E-state index contributed by atoms with van der Waals surface area (Å²) in [5.74, 6) is 0.971. The molecule has 0 heterocycles. The Morgan fingerprint density at radius 1 is 1.15 bits per heavy atom. The molecule has 0 aromatic heterocycles. The summed E-state index contributed by atoms with van der Waals surface area (Å²) in [5.41, 5.74) is 0.892. The summed E-state index contributed by atoms with van der Waals surface area (Å²) in [6.45, 7) is 4.34. The van der Waals surface area contributed by atoms with E-state index in [0.29, 0.717) is 11.8 Å². The third kappa shape index (κ3) is 4.18. The van der Waals surface area contributed by atoms with E-state index in [2.05, 4.69) is 18.6 Å². The van der Waals surface area contributed by atoms with E-state index in [4.69, 9.17) is 0 Å². The van der Waals surface area contributed by atoms with Crippen LogP contribution in [0.4, 0.5) is 0 Å². The van der Waals surface area contributed by atoms with E-state index in [0.717, 1.165) is 18.4 Å². The molecule has 1 fully saturated rings. The lowest BCUT2D eigenvalue weighted by molar-refractivity contribution is 0.227. The zero-order valence-corrected chi connectivity index (χ0v) is 12.9. The topological polar surface area (TPSA) is 46.2 Å². The van der Waals surface area contributed by atoms with E-state index < -0.39 is 10.0 Å². The molecule has 20 heavy (non-hydrogen) atoms. The summed E-state index contributed by atoms with van der Waals surface area (Å²) >= 11 is 0. The smallest absolute Gasteiger partial charge is 0.208 e. The molecular weight excluding hydrogens is 270 g/mol. The minimum Gasteiger partial charge on any atom is -0.208 e. The van der Waals surface area contributed by atoms with Gasteiger partial charge in [0.25, 0.3) is 0 Å². The van der Waals surface area contributed by atoms with Gasteiger partial charge >= 0.3 is 0 Å². The van der Waals surface area contributed by atoms with Crippen molar-refractivity contribution in [1.82, 2.24) is 4.72 Å². The van der Waals surface area contributed by atoms with E-state index in [1.54, 1.807) is 6.08 Å². The van der Waals surface area contributed by atoms with Gasteiger partial charge in [-0.15, -0.1) is 0 Å². The second-order valence-electron chi connectivity index (χ2n) is 5.75. The van der Waals surface area contributed by atoms with Crippen molar-refractivity contribution in [2.45, 2.75) is 39.2 Å². The Labute approximate surface area is 122 Å². The van der Waals surface area contributed by atoms with Gasteiger partial charge in [0.1, 0.15) is 0 Å². The fourth-order valence-electron chi connectivity index (χ4n) is 2.73. The summed E-state index contributed by atoms with van der Waals surface area (Å²) in [6.07, 6.45) is 4.86. The minimum absolute atomic E-state index is 0.0594. The molecule has 3 nitrogen and oxygen atoms in total. The van der Waals surface area contributed by atoms with E-state index in [9.17, 15) is 8.42 Å². The lowest BCUT2D eigenvalue weighted by Gasteiger charge is -2.34. The van der Waals surface area contributed by atoms with Gasteiger partial charge in [0, 0.05) is 11.4 Å². The van der Waals surface area contributed by atoms with Crippen LogP contribution in [0.1, 0.15) is 38.7 Å². The normalized spacial score (nSPS) is 27.8. The first-order chi connectivity index (χ1) is 9.48. The van der Waals surface area contributed by atoms with E-state index in [-0.39, 0.29) is 6.04 Å². The van der Waals surface area contributed by atoms with Crippen molar-refractivity contribution in [3.05, 3.63) is 41.3 Å². The van der Waals surface area contributed by atoms with Crippen LogP contribution in [0, 0.1) is 11.8 Å². The van der Waals surface area contributed by atoms with Gasteiger partial charge in [-0.05, 0) is 29.9 Å². The quantitative estimate of drug-likeness (QED) is 0.924. The zero-order chi connectivity index (χ0) is 14.6. The third-order valence-corrected chi connectivity index (χ3v) is 5.39. The van der Waals surface area contributed by atoms with Crippen molar-refractivity contribution in [2.75, 3.05) is 0 Å². The Balaban J connectivity index is 2.02. The van der Waals surface area contributed by atoms with Gasteiger partial charge in [-0.3, -0.25) is 0 Å². The minimum atomic E-state index is -3.37. The van der Waals surface area contributed by atoms with Crippen LogP contribution < -0.4 is 4.72 Å². The summed E-state index contributed by atoms with van der Waals surface area (Å²) in [5, 5.41) is 1.27. The van der Waals surface area contributed by atoms with Crippen molar-refractivity contribution in [2.24, 2.45) is 11.8 Å². The predicted molar refractivity (Wildman–Crippen MR) is 83.5 cm³/mol. The fraction of sp³-hybridized carbons (Fsp3) is 0.500. The summed E-state index contributed by atoms with van der Waals surface area (Å²) in [6, 6.07) is 9.53. The molecule has 0 amide bonds. The monoisotopic (exact) mass is 293 g/mol. The largest absolute Gasteiger partial charge is 0.233 e. The number of nitrogens with one attached hydrogen (secondary N) is 1. The second-order valence-corrected chi connectivity index (χ2v) is 7.35. The van der Waals surface area contributed by atoms with Crippen LogP contribution in [0.5, 0.6) is 0 Å². The van der Waals surface area contributed by atoms with Crippen molar-refractivity contribution < 1.29 is 8.42 Å². The SMILES string of the molecule is C[C@@H]1[C@H](C)CCC[C@H]1NS(=O)(=O)/C=C/c1ccccc1. The highest BCUT2D eigenvalue weighted by Gasteiger charge is 2.29. The molecule has 0 saturated heterocycles. The number of rotatable bonds is 4. The van der Waals surface area contributed by atoms with Crippen LogP contribution >= 0.6 is 0 Å². The maximum atomic E-state index is 12.1. The molecule has 1 aliphatic carbocycles. The predicted octanol–water partition coefficient (Wildman–Crippen LogP) is 3.40. The standard InChI is InChI=1S/C16H23NO2S/c1-13-7-6-10-16(14(13)2)17-20(18,19)12-11-15-8-4-3-5-9-15/h3-5,8-9,11-14,16-17H,6-7,10H2,1-2H3/b12-11+/t13-,14-,16-/m1/s1. The summed E-state index contributed by atoms with van der Waals surface area (Å²) in [7, 11) is -3.37. The molecule has 0 bridgehead atoms. The van der Waals surface area contributed by atoms with Crippen molar-refractivity contribution in [3.8, 4) is 0 Å². The first kappa shape index (κ1) is 15.3. The van der Waals surface area contributed by atoms with Gasteiger partial charge in [0.05, 0.1) is 0 Å². The molecule has 0 aliphatic heterocycles. The average Bonchev–Trinajstić information content (AvgIpc) is 2.43. The molecule has 110 valence electrons. The molecule has 0 spiro atoms. The molecule has 1 aromatic carbocycles. The van der Waals surface area contributed by atoms with Crippen molar-refractivity contribution >= 4 is 16.1 Å². The van der Waals surface area contributed by atoms with Gasteiger partial charge in [-0.2, -0.15) is 0 Å². The van der Waals surface area contributed by atoms with Gasteiger partial charge < -0.3 is 0 Å². The lowest BCUT2D eigenvalue weighted by Crippen LogP contribution is -2.42. The number of hydrogen-bond donors (Lipinski definition) is 1. The molecule has 3 atom stereocenters. The van der Waals surface area contributed by atoms with Crippen LogP contribution in [0.3, 0.4) is 0 Å². The maximum absolute atomic E-state index is 12.1. The Hall–Kier alpha value is -1.13. The maximum Gasteiger partial charge on any atom is 0.233 e. The van der Waals surface area contributed by atoms with E-state index >= 15 is 0 Å². The highest BCUT2D eigenvalue weighted by molar-refractivity contribution is 7.92. The number of sulfonamides is 1. The molecular formula is C16H23NO2S. The highest BCUT2D eigenvalue weighted by Crippen LogP contribution is 2.29. The van der Waals surface area contributed by atoms with Crippen LogP contribution in [-0.4, -0.2) is 14.5 Å². The second kappa shape index (κ2) is 6.55. The summed E-state index contributed by atoms with van der Waals surface area (Å²) < 4.78 is 27.1. The molecule has 2 rings (SSSR count). The highest BCUT2D eigenvalue weighted by atomic mass is 32.2. The van der Waals surface area contributed by atoms with Crippen molar-refractivity contribution in [1.29, 1.82) is 0 Å².